The van der Waals surface area contributed by atoms with Gasteiger partial charge in [0.2, 0.25) is 0 Å². The second-order valence-corrected chi connectivity index (χ2v) is 7.44. The molecule has 1 aliphatic rings. The number of nitrogen functional groups attached to an aromatic ring is 1. The number of nitrogens with two attached hydrogens (primary N) is 2. The van der Waals surface area contributed by atoms with Crippen molar-refractivity contribution < 1.29 is 4.79 Å². The summed E-state index contributed by atoms with van der Waals surface area (Å²) in [6.07, 6.45) is 2.29. The van der Waals surface area contributed by atoms with Crippen LogP contribution in [-0.4, -0.2) is 38.1 Å². The minimum atomic E-state index is -0.608. The number of primary amides is 1. The topological polar surface area (TPSA) is 146 Å². The minimum Gasteiger partial charge on any atom is -0.381 e. The number of aryl methyl sites for hydroxylation is 1. The molecule has 0 unspecified atom stereocenters. The molecule has 0 fully saturated rings. The van der Waals surface area contributed by atoms with Crippen LogP contribution in [0.25, 0.3) is 16.6 Å². The molecule has 4 aromatic rings. The van der Waals surface area contributed by atoms with Crippen molar-refractivity contribution in [1.29, 1.82) is 0 Å². The van der Waals surface area contributed by atoms with E-state index in [-0.39, 0.29) is 16.9 Å². The Balaban J connectivity index is 0.000000172. The molecule has 0 radical (unpaired) electrons. The number of benzene rings is 2. The van der Waals surface area contributed by atoms with Crippen molar-refractivity contribution in [3.63, 3.8) is 0 Å². The number of nitrogens with zero attached hydrogens (tertiary/aromatic N) is 5. The summed E-state index contributed by atoms with van der Waals surface area (Å²) < 4.78 is 1.63. The normalized spacial score (nSPS) is 11.9. The lowest BCUT2D eigenvalue weighted by Crippen LogP contribution is -2.23. The van der Waals surface area contributed by atoms with Gasteiger partial charge in [0, 0.05) is 12.6 Å². The lowest BCUT2D eigenvalue weighted by atomic mass is 10.2. The molecule has 1 aliphatic heterocycles. The van der Waals surface area contributed by atoms with E-state index in [1.54, 1.807) is 16.8 Å². The molecule has 2 aromatic heterocycles. The van der Waals surface area contributed by atoms with Gasteiger partial charge in [-0.05, 0) is 24.3 Å². The van der Waals surface area contributed by atoms with Crippen LogP contribution in [-0.2, 0) is 6.42 Å². The van der Waals surface area contributed by atoms with Crippen LogP contribution in [0.2, 0.25) is 5.02 Å². The van der Waals surface area contributed by atoms with E-state index in [1.807, 2.05) is 49.4 Å². The van der Waals surface area contributed by atoms with Crippen LogP contribution < -0.4 is 22.3 Å². The Kier molecular flexibility index (Phi) is 6.09. The van der Waals surface area contributed by atoms with Gasteiger partial charge in [-0.15, -0.1) is 9.89 Å². The van der Waals surface area contributed by atoms with Gasteiger partial charge in [0.05, 0.1) is 28.2 Å². The van der Waals surface area contributed by atoms with E-state index >= 15 is 0 Å². The summed E-state index contributed by atoms with van der Waals surface area (Å²) in [5.41, 5.74) is 12.1. The first-order valence-electron chi connectivity index (χ1n) is 10.1. The van der Waals surface area contributed by atoms with Gasteiger partial charge in [-0.1, -0.05) is 42.8 Å². The SMILES string of the molecule is CCc1nc2cccc(Cl)c2c(=O)n1-c1ccccc1.NC(=O)c1c(N)nn2c1NCC=N2. The Morgan fingerprint density at radius 2 is 1.94 bits per heavy atom. The van der Waals surface area contributed by atoms with Gasteiger partial charge >= 0.3 is 0 Å². The summed E-state index contributed by atoms with van der Waals surface area (Å²) in [5.74, 6) is 0.667. The summed E-state index contributed by atoms with van der Waals surface area (Å²) in [4.78, 5) is 29.5. The summed E-state index contributed by atoms with van der Waals surface area (Å²) in [6, 6.07) is 14.8. The quantitative estimate of drug-likeness (QED) is 0.424. The van der Waals surface area contributed by atoms with Gasteiger partial charge in [0.25, 0.3) is 11.5 Å². The third-order valence-corrected chi connectivity index (χ3v) is 5.26. The first-order valence-corrected chi connectivity index (χ1v) is 10.5. The summed E-state index contributed by atoms with van der Waals surface area (Å²) in [7, 11) is 0. The van der Waals surface area contributed by atoms with Crippen molar-refractivity contribution in [3.05, 3.63) is 75.3 Å². The largest absolute Gasteiger partial charge is 0.381 e. The van der Waals surface area contributed by atoms with E-state index in [4.69, 9.17) is 23.1 Å². The fraction of sp³-hybridized carbons (Fsp3) is 0.136. The van der Waals surface area contributed by atoms with Crippen molar-refractivity contribution in [1.82, 2.24) is 19.4 Å². The first-order chi connectivity index (χ1) is 15.9. The third-order valence-electron chi connectivity index (χ3n) is 4.94. The lowest BCUT2D eigenvalue weighted by Gasteiger charge is -2.12. The molecule has 5 N–H and O–H groups in total. The molecule has 168 valence electrons. The molecule has 0 aliphatic carbocycles. The number of hydrogen-bond donors (Lipinski definition) is 3. The molecule has 0 saturated carbocycles. The Morgan fingerprint density at radius 1 is 1.18 bits per heavy atom. The summed E-state index contributed by atoms with van der Waals surface area (Å²) >= 11 is 6.16. The Morgan fingerprint density at radius 3 is 2.64 bits per heavy atom. The highest BCUT2D eigenvalue weighted by atomic mass is 35.5. The zero-order valence-electron chi connectivity index (χ0n) is 17.7. The minimum absolute atomic E-state index is 0.0917. The van der Waals surface area contributed by atoms with E-state index in [9.17, 15) is 9.59 Å². The van der Waals surface area contributed by atoms with Crippen LogP contribution >= 0.6 is 11.6 Å². The maximum Gasteiger partial charge on any atom is 0.267 e. The van der Waals surface area contributed by atoms with Crippen LogP contribution in [0.5, 0.6) is 0 Å². The predicted octanol–water partition coefficient (Wildman–Crippen LogP) is 2.43. The fourth-order valence-corrected chi connectivity index (χ4v) is 3.74. The van der Waals surface area contributed by atoms with Crippen molar-refractivity contribution in [2.24, 2.45) is 10.8 Å². The summed E-state index contributed by atoms with van der Waals surface area (Å²) in [6.45, 7) is 2.52. The monoisotopic (exact) mass is 464 g/mol. The Bertz CT molecular complexity index is 1430. The number of nitrogens with one attached hydrogen (secondary N) is 1. The van der Waals surface area contributed by atoms with E-state index in [0.29, 0.717) is 34.7 Å². The molecule has 5 rings (SSSR count). The molecule has 3 heterocycles. The number of anilines is 2. The number of halogens is 1. The van der Waals surface area contributed by atoms with Gasteiger partial charge < -0.3 is 16.8 Å². The Labute approximate surface area is 193 Å². The van der Waals surface area contributed by atoms with Gasteiger partial charge in [-0.25, -0.2) is 4.98 Å². The van der Waals surface area contributed by atoms with Crippen LogP contribution in [0, 0.1) is 0 Å². The molecular weight excluding hydrogens is 444 g/mol. The molecule has 0 saturated heterocycles. The Hall–Kier alpha value is -4.18. The number of aromatic nitrogens is 4. The highest BCUT2D eigenvalue weighted by Crippen LogP contribution is 2.22. The van der Waals surface area contributed by atoms with Crippen LogP contribution in [0.4, 0.5) is 11.6 Å². The van der Waals surface area contributed by atoms with E-state index in [0.717, 1.165) is 11.5 Å². The van der Waals surface area contributed by atoms with Gasteiger partial charge in [-0.2, -0.15) is 5.10 Å². The molecule has 10 nitrogen and oxygen atoms in total. The number of carbonyl (C=O) groups is 1. The highest BCUT2D eigenvalue weighted by molar-refractivity contribution is 6.35. The van der Waals surface area contributed by atoms with Gasteiger partial charge in [-0.3, -0.25) is 14.2 Å². The predicted molar refractivity (Wildman–Crippen MR) is 129 cm³/mol. The lowest BCUT2D eigenvalue weighted by molar-refractivity contribution is 0.100. The second kappa shape index (κ2) is 9.13. The van der Waals surface area contributed by atoms with Crippen LogP contribution in [0.1, 0.15) is 23.1 Å². The highest BCUT2D eigenvalue weighted by Gasteiger charge is 2.21. The number of rotatable bonds is 3. The average Bonchev–Trinajstić information content (AvgIpc) is 3.15. The second-order valence-electron chi connectivity index (χ2n) is 7.03. The van der Waals surface area contributed by atoms with Crippen LogP contribution in [0.3, 0.4) is 0 Å². The van der Waals surface area contributed by atoms with Crippen molar-refractivity contribution in [3.8, 4) is 5.69 Å². The van der Waals surface area contributed by atoms with Gasteiger partial charge in [0.1, 0.15) is 11.4 Å². The number of hydrogen-bond acceptors (Lipinski definition) is 7. The van der Waals surface area contributed by atoms with Crippen LogP contribution in [0.15, 0.2) is 58.4 Å². The van der Waals surface area contributed by atoms with E-state index in [2.05, 4.69) is 20.5 Å². The van der Waals surface area contributed by atoms with Crippen molar-refractivity contribution in [2.45, 2.75) is 13.3 Å². The van der Waals surface area contributed by atoms with E-state index < -0.39 is 5.91 Å². The molecule has 0 atom stereocenters. The smallest absolute Gasteiger partial charge is 0.267 e. The zero-order chi connectivity index (χ0) is 23.5. The summed E-state index contributed by atoms with van der Waals surface area (Å²) in [5, 5.41) is 11.5. The molecule has 33 heavy (non-hydrogen) atoms. The molecule has 1 amide bonds. The fourth-order valence-electron chi connectivity index (χ4n) is 3.49. The maximum absolute atomic E-state index is 12.8. The number of fused-ring (bicyclic) bond motifs is 2. The average molecular weight is 465 g/mol. The van der Waals surface area contributed by atoms with Crippen molar-refractivity contribution in [2.75, 3.05) is 17.6 Å². The van der Waals surface area contributed by atoms with Gasteiger partial charge in [0.15, 0.2) is 11.6 Å². The van der Waals surface area contributed by atoms with Crippen molar-refractivity contribution >= 4 is 46.3 Å². The van der Waals surface area contributed by atoms with E-state index in [1.165, 1.54) is 4.79 Å². The molecule has 0 bridgehead atoms. The molecular formula is C22H21ClN8O2. The number of para-hydroxylation sites is 1. The third kappa shape index (κ3) is 4.15. The molecule has 2 aromatic carbocycles. The standard InChI is InChI=1S/C16H13ClN2O.C6H8N6O/c1-2-14-18-13-10-6-9-12(17)15(13)16(20)19(14)11-7-4-3-5-8-11;7-4-3(5(8)13)6-9-1-2-10-12(6)11-4/h3-10H,2H2,1H3;2,9H,1H2,(H2,7,11)(H2,8,13). The maximum atomic E-state index is 12.8. The molecule has 11 heteroatoms. The number of carbonyl (C=O) groups excluding carboxylic acids is 1. The first kappa shape index (κ1) is 22.0. The zero-order valence-corrected chi connectivity index (χ0v) is 18.5. The molecule has 0 spiro atoms. The number of amides is 1.